The Labute approximate surface area is 66.7 Å². The molecule has 1 aliphatic carbocycles. The van der Waals surface area contributed by atoms with E-state index in [4.69, 9.17) is 5.53 Å². The quantitative estimate of drug-likeness (QED) is 0.239. The van der Waals surface area contributed by atoms with E-state index in [0.717, 1.165) is 12.8 Å². The Hall–Kier alpha value is -0.950. The smallest absolute Gasteiger partial charge is 0.0584 e. The summed E-state index contributed by atoms with van der Waals surface area (Å²) in [5.74, 6) is 0. The Morgan fingerprint density at radius 2 is 2.27 bits per heavy atom. The van der Waals surface area contributed by atoms with Gasteiger partial charge in [-0.05, 0) is 38.6 Å². The van der Waals surface area contributed by atoms with Crippen molar-refractivity contribution in [3.63, 3.8) is 0 Å². The predicted octanol–water partition coefficient (Wildman–Crippen LogP) is 3.19. The molecular weight excluding hydrogens is 138 g/mol. The first kappa shape index (κ1) is 8.15. The zero-order valence-electron chi connectivity index (χ0n) is 7.04. The summed E-state index contributed by atoms with van der Waals surface area (Å²) in [6.07, 6.45) is 3.35. The van der Waals surface area contributed by atoms with E-state index in [9.17, 15) is 0 Å². The summed E-state index contributed by atoms with van der Waals surface area (Å²) < 4.78 is 0. The van der Waals surface area contributed by atoms with Crippen molar-refractivity contribution in [2.75, 3.05) is 0 Å². The molecule has 60 valence electrons. The molecule has 0 radical (unpaired) electrons. The van der Waals surface area contributed by atoms with Crippen molar-refractivity contribution in [3.8, 4) is 0 Å². The first-order valence-electron chi connectivity index (χ1n) is 3.96. The molecule has 0 fully saturated rings. The van der Waals surface area contributed by atoms with Crippen molar-refractivity contribution in [3.05, 3.63) is 21.6 Å². The maximum atomic E-state index is 8.26. The monoisotopic (exact) mass is 151 g/mol. The van der Waals surface area contributed by atoms with E-state index in [1.54, 1.807) is 0 Å². The van der Waals surface area contributed by atoms with Crippen LogP contribution in [0, 0.1) is 0 Å². The van der Waals surface area contributed by atoms with Gasteiger partial charge < -0.3 is 0 Å². The Morgan fingerprint density at radius 3 is 2.91 bits per heavy atom. The molecule has 0 aliphatic heterocycles. The van der Waals surface area contributed by atoms with Crippen LogP contribution in [0.5, 0.6) is 0 Å². The second-order valence-corrected chi connectivity index (χ2v) is 3.08. The minimum Gasteiger partial charge on any atom is -0.0863 e. The van der Waals surface area contributed by atoms with Gasteiger partial charge in [0.2, 0.25) is 0 Å². The van der Waals surface area contributed by atoms with Gasteiger partial charge in [0.05, 0.1) is 6.04 Å². The number of hydrogen-bond donors (Lipinski definition) is 0. The normalized spacial score (nSPS) is 24.7. The number of hydrogen-bond acceptors (Lipinski definition) is 1. The molecule has 0 aromatic heterocycles. The van der Waals surface area contributed by atoms with Crippen molar-refractivity contribution in [1.82, 2.24) is 0 Å². The van der Waals surface area contributed by atoms with Crippen LogP contribution < -0.4 is 0 Å². The van der Waals surface area contributed by atoms with Gasteiger partial charge in [-0.2, -0.15) is 0 Å². The fourth-order valence-corrected chi connectivity index (χ4v) is 1.47. The molecule has 3 heteroatoms. The summed E-state index contributed by atoms with van der Waals surface area (Å²) in [7, 11) is 0. The molecule has 1 rings (SSSR count). The minimum absolute atomic E-state index is 0.133. The summed E-state index contributed by atoms with van der Waals surface area (Å²) >= 11 is 0. The molecule has 0 aromatic carbocycles. The average molecular weight is 151 g/mol. The standard InChI is InChI=1S/C8H13N3/c1-6-4-3-5-8(7(6)2)10-11-9/h8H,3-5H2,1-2H3. The first-order valence-corrected chi connectivity index (χ1v) is 3.96. The highest BCUT2D eigenvalue weighted by molar-refractivity contribution is 5.19. The van der Waals surface area contributed by atoms with E-state index in [2.05, 4.69) is 23.9 Å². The third-order valence-corrected chi connectivity index (χ3v) is 2.39. The molecule has 0 heterocycles. The lowest BCUT2D eigenvalue weighted by Crippen LogP contribution is -2.11. The molecule has 0 bridgehead atoms. The number of nitrogens with zero attached hydrogens (tertiary/aromatic N) is 3. The molecule has 1 atom stereocenters. The maximum absolute atomic E-state index is 8.26. The van der Waals surface area contributed by atoms with E-state index in [-0.39, 0.29) is 6.04 Å². The molecule has 0 saturated carbocycles. The SMILES string of the molecule is CC1=C(C)C(N=[N+]=[N-])CCC1. The fraction of sp³-hybridized carbons (Fsp3) is 0.750. The lowest BCUT2D eigenvalue weighted by atomic mass is 9.90. The number of rotatable bonds is 1. The van der Waals surface area contributed by atoms with Crippen molar-refractivity contribution in [2.45, 2.75) is 39.2 Å². The van der Waals surface area contributed by atoms with E-state index in [0.29, 0.717) is 0 Å². The summed E-state index contributed by atoms with van der Waals surface area (Å²) in [6, 6.07) is 0.133. The number of allylic oxidation sites excluding steroid dienone is 1. The van der Waals surface area contributed by atoms with Gasteiger partial charge in [0.25, 0.3) is 0 Å². The lowest BCUT2D eigenvalue weighted by molar-refractivity contribution is 0.592. The van der Waals surface area contributed by atoms with Gasteiger partial charge in [-0.25, -0.2) is 0 Å². The van der Waals surface area contributed by atoms with Crippen LogP contribution in [0.2, 0.25) is 0 Å². The van der Waals surface area contributed by atoms with Gasteiger partial charge in [0.1, 0.15) is 0 Å². The lowest BCUT2D eigenvalue weighted by Gasteiger charge is -2.20. The molecular formula is C8H13N3. The Kier molecular flexibility index (Phi) is 2.55. The Balaban J connectivity index is 2.82. The minimum atomic E-state index is 0.133. The van der Waals surface area contributed by atoms with Gasteiger partial charge in [-0.1, -0.05) is 16.3 Å². The van der Waals surface area contributed by atoms with Gasteiger partial charge in [0.15, 0.2) is 0 Å². The van der Waals surface area contributed by atoms with Crippen LogP contribution in [-0.2, 0) is 0 Å². The Bertz CT molecular complexity index is 223. The van der Waals surface area contributed by atoms with Crippen LogP contribution in [-0.4, -0.2) is 6.04 Å². The van der Waals surface area contributed by atoms with Crippen LogP contribution in [0.15, 0.2) is 16.3 Å². The van der Waals surface area contributed by atoms with Crippen molar-refractivity contribution in [2.24, 2.45) is 5.11 Å². The molecule has 0 aromatic rings. The predicted molar refractivity (Wildman–Crippen MR) is 45.2 cm³/mol. The number of azide groups is 1. The van der Waals surface area contributed by atoms with E-state index < -0.39 is 0 Å². The van der Waals surface area contributed by atoms with Gasteiger partial charge >= 0.3 is 0 Å². The third kappa shape index (κ3) is 1.75. The largest absolute Gasteiger partial charge is 0.0863 e. The molecule has 0 saturated heterocycles. The second-order valence-electron chi connectivity index (χ2n) is 3.08. The van der Waals surface area contributed by atoms with Gasteiger partial charge in [-0.3, -0.25) is 0 Å². The van der Waals surface area contributed by atoms with Crippen LogP contribution in [0.25, 0.3) is 10.4 Å². The van der Waals surface area contributed by atoms with Crippen LogP contribution in [0.3, 0.4) is 0 Å². The second kappa shape index (κ2) is 3.44. The molecule has 0 spiro atoms. The van der Waals surface area contributed by atoms with Crippen molar-refractivity contribution >= 4 is 0 Å². The summed E-state index contributed by atoms with van der Waals surface area (Å²) in [6.45, 7) is 4.18. The van der Waals surface area contributed by atoms with E-state index in [1.807, 2.05) is 0 Å². The Morgan fingerprint density at radius 1 is 1.55 bits per heavy atom. The summed E-state index contributed by atoms with van der Waals surface area (Å²) in [5.41, 5.74) is 10.9. The molecule has 0 amide bonds. The van der Waals surface area contributed by atoms with Crippen molar-refractivity contribution < 1.29 is 0 Å². The molecule has 1 aliphatic rings. The molecule has 1 unspecified atom stereocenters. The highest BCUT2D eigenvalue weighted by Crippen LogP contribution is 2.26. The molecule has 11 heavy (non-hydrogen) atoms. The zero-order valence-corrected chi connectivity index (χ0v) is 7.04. The summed E-state index contributed by atoms with van der Waals surface area (Å²) in [5, 5.41) is 3.74. The maximum Gasteiger partial charge on any atom is 0.0584 e. The zero-order chi connectivity index (χ0) is 8.27. The fourth-order valence-electron chi connectivity index (χ4n) is 1.47. The summed E-state index contributed by atoms with van der Waals surface area (Å²) in [4.78, 5) is 2.84. The first-order chi connectivity index (χ1) is 5.25. The molecule has 0 N–H and O–H groups in total. The van der Waals surface area contributed by atoms with Crippen molar-refractivity contribution in [1.29, 1.82) is 0 Å². The van der Waals surface area contributed by atoms with Crippen LogP contribution >= 0.6 is 0 Å². The van der Waals surface area contributed by atoms with E-state index in [1.165, 1.54) is 17.6 Å². The van der Waals surface area contributed by atoms with E-state index >= 15 is 0 Å². The average Bonchev–Trinajstić information content (AvgIpc) is 1.99. The highest BCUT2D eigenvalue weighted by Gasteiger charge is 2.15. The highest BCUT2D eigenvalue weighted by atomic mass is 15.1. The van der Waals surface area contributed by atoms with Gasteiger partial charge in [0, 0.05) is 4.91 Å². The topological polar surface area (TPSA) is 48.8 Å². The van der Waals surface area contributed by atoms with Crippen LogP contribution in [0.1, 0.15) is 33.1 Å². The van der Waals surface area contributed by atoms with Crippen LogP contribution in [0.4, 0.5) is 0 Å². The third-order valence-electron chi connectivity index (χ3n) is 2.39. The van der Waals surface area contributed by atoms with Gasteiger partial charge in [-0.15, -0.1) is 0 Å². The molecule has 3 nitrogen and oxygen atoms in total.